The molecule has 1 fully saturated rings. The highest BCUT2D eigenvalue weighted by atomic mass is 16.3. The van der Waals surface area contributed by atoms with Crippen molar-refractivity contribution in [2.75, 3.05) is 26.2 Å². The third-order valence-electron chi connectivity index (χ3n) is 3.01. The van der Waals surface area contributed by atoms with Gasteiger partial charge >= 0.3 is 0 Å². The van der Waals surface area contributed by atoms with Gasteiger partial charge in [0.2, 0.25) is 11.8 Å². The first-order chi connectivity index (χ1) is 8.13. The molecule has 5 heteroatoms. The highest BCUT2D eigenvalue weighted by molar-refractivity contribution is 5.77. The van der Waals surface area contributed by atoms with E-state index in [9.17, 15) is 9.59 Å². The fourth-order valence-electron chi connectivity index (χ4n) is 1.89. The van der Waals surface area contributed by atoms with Crippen molar-refractivity contribution >= 4 is 11.8 Å². The zero-order valence-electron chi connectivity index (χ0n) is 10.4. The summed E-state index contributed by atoms with van der Waals surface area (Å²) in [6.45, 7) is 3.80. The molecule has 2 amide bonds. The van der Waals surface area contributed by atoms with Gasteiger partial charge in [0.25, 0.3) is 0 Å². The fraction of sp³-hybridized carbons (Fsp3) is 0.833. The zero-order valence-corrected chi connectivity index (χ0v) is 10.4. The molecule has 0 unspecified atom stereocenters. The second kappa shape index (κ2) is 7.27. The maximum Gasteiger partial charge on any atom is 0.222 e. The van der Waals surface area contributed by atoms with Crippen molar-refractivity contribution in [3.05, 3.63) is 0 Å². The number of amides is 2. The average Bonchev–Trinajstić information content (AvgIpc) is 2.21. The topological polar surface area (TPSA) is 69.6 Å². The monoisotopic (exact) mass is 242 g/mol. The number of unbranched alkanes of at least 4 members (excludes halogenated alkanes) is 2. The number of carbonyl (C=O) groups is 2. The van der Waals surface area contributed by atoms with E-state index in [1.807, 2.05) is 0 Å². The highest BCUT2D eigenvalue weighted by Crippen LogP contribution is 2.16. The Balaban J connectivity index is 1.93. The Kier molecular flexibility index (Phi) is 5.97. The normalized spacial score (nSPS) is 15.5. The molecule has 0 aliphatic carbocycles. The molecular weight excluding hydrogens is 220 g/mol. The van der Waals surface area contributed by atoms with Crippen LogP contribution in [0.5, 0.6) is 0 Å². The SMILES string of the molecule is CC(=O)NCCCCCC(=O)N1CC(CO)C1. The van der Waals surface area contributed by atoms with Crippen LogP contribution >= 0.6 is 0 Å². The number of hydrogen-bond donors (Lipinski definition) is 2. The average molecular weight is 242 g/mol. The second-order valence-corrected chi connectivity index (χ2v) is 4.64. The van der Waals surface area contributed by atoms with E-state index in [2.05, 4.69) is 5.32 Å². The molecule has 1 aliphatic rings. The summed E-state index contributed by atoms with van der Waals surface area (Å²) in [6, 6.07) is 0. The Labute approximate surface area is 102 Å². The number of likely N-dealkylation sites (tertiary alicyclic amines) is 1. The predicted octanol–water partition coefficient (Wildman–Crippen LogP) is 0.134. The summed E-state index contributed by atoms with van der Waals surface area (Å²) < 4.78 is 0. The van der Waals surface area contributed by atoms with Gasteiger partial charge in [-0.1, -0.05) is 6.42 Å². The number of nitrogens with zero attached hydrogens (tertiary/aromatic N) is 1. The zero-order chi connectivity index (χ0) is 12.7. The molecule has 1 saturated heterocycles. The van der Waals surface area contributed by atoms with Crippen LogP contribution in [0.2, 0.25) is 0 Å². The van der Waals surface area contributed by atoms with Crippen LogP contribution in [0, 0.1) is 5.92 Å². The van der Waals surface area contributed by atoms with E-state index in [0.717, 1.165) is 19.3 Å². The van der Waals surface area contributed by atoms with Crippen LogP contribution in [-0.2, 0) is 9.59 Å². The van der Waals surface area contributed by atoms with Crippen LogP contribution in [0.3, 0.4) is 0 Å². The molecule has 0 radical (unpaired) electrons. The number of hydrogen-bond acceptors (Lipinski definition) is 3. The molecule has 1 heterocycles. The molecule has 5 nitrogen and oxygen atoms in total. The van der Waals surface area contributed by atoms with E-state index in [4.69, 9.17) is 5.11 Å². The second-order valence-electron chi connectivity index (χ2n) is 4.64. The van der Waals surface area contributed by atoms with Crippen molar-refractivity contribution in [3.63, 3.8) is 0 Å². The molecule has 0 aromatic heterocycles. The molecule has 0 atom stereocenters. The van der Waals surface area contributed by atoms with Crippen molar-refractivity contribution in [2.24, 2.45) is 5.92 Å². The van der Waals surface area contributed by atoms with Crippen LogP contribution < -0.4 is 5.32 Å². The Hall–Kier alpha value is -1.10. The summed E-state index contributed by atoms with van der Waals surface area (Å²) in [6.07, 6.45) is 3.34. The van der Waals surface area contributed by atoms with Gasteiger partial charge in [0.05, 0.1) is 0 Å². The first-order valence-corrected chi connectivity index (χ1v) is 6.26. The van der Waals surface area contributed by atoms with Gasteiger partial charge in [-0.3, -0.25) is 9.59 Å². The molecule has 0 spiro atoms. The van der Waals surface area contributed by atoms with E-state index >= 15 is 0 Å². The minimum Gasteiger partial charge on any atom is -0.396 e. The van der Waals surface area contributed by atoms with Crippen molar-refractivity contribution in [1.82, 2.24) is 10.2 Å². The maximum absolute atomic E-state index is 11.6. The lowest BCUT2D eigenvalue weighted by atomic mass is 10.0. The molecule has 0 bridgehead atoms. The number of aliphatic hydroxyl groups is 1. The van der Waals surface area contributed by atoms with Crippen molar-refractivity contribution < 1.29 is 14.7 Å². The maximum atomic E-state index is 11.6. The minimum absolute atomic E-state index is 0.00305. The van der Waals surface area contributed by atoms with Gasteiger partial charge < -0.3 is 15.3 Å². The number of aliphatic hydroxyl groups excluding tert-OH is 1. The minimum atomic E-state index is -0.00305. The van der Waals surface area contributed by atoms with Crippen molar-refractivity contribution in [1.29, 1.82) is 0 Å². The summed E-state index contributed by atoms with van der Waals surface area (Å²) in [5, 5.41) is 11.6. The van der Waals surface area contributed by atoms with Gasteiger partial charge in [0, 0.05) is 45.5 Å². The Morgan fingerprint density at radius 3 is 2.59 bits per heavy atom. The highest BCUT2D eigenvalue weighted by Gasteiger charge is 2.29. The van der Waals surface area contributed by atoms with Crippen molar-refractivity contribution in [2.45, 2.75) is 32.6 Å². The van der Waals surface area contributed by atoms with Gasteiger partial charge in [-0.25, -0.2) is 0 Å². The standard InChI is InChI=1S/C12H22N2O3/c1-10(16)13-6-4-2-3-5-12(17)14-7-11(8-14)9-15/h11,15H,2-9H2,1H3,(H,13,16). The lowest BCUT2D eigenvalue weighted by Crippen LogP contribution is -2.51. The van der Waals surface area contributed by atoms with Crippen LogP contribution in [0.25, 0.3) is 0 Å². The molecule has 2 N–H and O–H groups in total. The number of rotatable bonds is 7. The van der Waals surface area contributed by atoms with Crippen LogP contribution in [0.4, 0.5) is 0 Å². The summed E-state index contributed by atoms with van der Waals surface area (Å²) >= 11 is 0. The molecule has 0 aromatic rings. The predicted molar refractivity (Wildman–Crippen MR) is 64.3 cm³/mol. The van der Waals surface area contributed by atoms with Gasteiger partial charge in [0.1, 0.15) is 0 Å². The lowest BCUT2D eigenvalue weighted by molar-refractivity contribution is -0.138. The Morgan fingerprint density at radius 2 is 2.00 bits per heavy atom. The lowest BCUT2D eigenvalue weighted by Gasteiger charge is -2.38. The van der Waals surface area contributed by atoms with E-state index in [1.54, 1.807) is 4.90 Å². The Morgan fingerprint density at radius 1 is 1.29 bits per heavy atom. The molecule has 0 aromatic carbocycles. The third kappa shape index (κ3) is 5.17. The number of nitrogens with one attached hydrogen (secondary N) is 1. The van der Waals surface area contributed by atoms with Gasteiger partial charge in [0.15, 0.2) is 0 Å². The molecule has 1 rings (SSSR count). The Bertz CT molecular complexity index is 262. The first-order valence-electron chi connectivity index (χ1n) is 6.26. The van der Waals surface area contributed by atoms with E-state index in [0.29, 0.717) is 32.0 Å². The largest absolute Gasteiger partial charge is 0.396 e. The van der Waals surface area contributed by atoms with Crippen LogP contribution in [-0.4, -0.2) is 48.1 Å². The molecule has 1 aliphatic heterocycles. The van der Waals surface area contributed by atoms with Gasteiger partial charge in [-0.2, -0.15) is 0 Å². The first kappa shape index (κ1) is 14.0. The van der Waals surface area contributed by atoms with E-state index in [1.165, 1.54) is 6.92 Å². The number of carbonyl (C=O) groups excluding carboxylic acids is 2. The fourth-order valence-corrected chi connectivity index (χ4v) is 1.89. The van der Waals surface area contributed by atoms with Gasteiger partial charge in [-0.05, 0) is 12.8 Å². The smallest absolute Gasteiger partial charge is 0.222 e. The van der Waals surface area contributed by atoms with Crippen molar-refractivity contribution in [3.8, 4) is 0 Å². The summed E-state index contributed by atoms with van der Waals surface area (Å²) in [5.74, 6) is 0.477. The third-order valence-corrected chi connectivity index (χ3v) is 3.01. The van der Waals surface area contributed by atoms with E-state index < -0.39 is 0 Å². The summed E-state index contributed by atoms with van der Waals surface area (Å²) in [7, 11) is 0. The summed E-state index contributed by atoms with van der Waals surface area (Å²) in [5.41, 5.74) is 0. The van der Waals surface area contributed by atoms with Crippen LogP contribution in [0.1, 0.15) is 32.6 Å². The molecule has 0 saturated carbocycles. The van der Waals surface area contributed by atoms with Crippen LogP contribution in [0.15, 0.2) is 0 Å². The quantitative estimate of drug-likeness (QED) is 0.624. The van der Waals surface area contributed by atoms with Gasteiger partial charge in [-0.15, -0.1) is 0 Å². The van der Waals surface area contributed by atoms with E-state index in [-0.39, 0.29) is 18.4 Å². The molecular formula is C12H22N2O3. The molecule has 98 valence electrons. The summed E-state index contributed by atoms with van der Waals surface area (Å²) in [4.78, 5) is 24.0. The molecule has 17 heavy (non-hydrogen) atoms.